The fourth-order valence-corrected chi connectivity index (χ4v) is 7.46. The van der Waals surface area contributed by atoms with Crippen molar-refractivity contribution in [2.24, 2.45) is 16.7 Å². The predicted molar refractivity (Wildman–Crippen MR) is 143 cm³/mol. The number of benzene rings is 1. The smallest absolute Gasteiger partial charge is 0.338 e. The first-order valence-electron chi connectivity index (χ1n) is 13.7. The van der Waals surface area contributed by atoms with Crippen LogP contribution in [0.2, 0.25) is 0 Å². The third-order valence-electron chi connectivity index (χ3n) is 9.61. The van der Waals surface area contributed by atoms with E-state index >= 15 is 0 Å². The van der Waals surface area contributed by atoms with Crippen LogP contribution in [0, 0.1) is 16.7 Å². The van der Waals surface area contributed by atoms with E-state index < -0.39 is 76.1 Å². The Balaban J connectivity index is 1.82. The molecule has 10 heteroatoms. The van der Waals surface area contributed by atoms with Crippen LogP contribution in [0.3, 0.4) is 0 Å². The molecule has 1 heterocycles. The SMILES string of the molecule is CC(=O)O[C@H]1C(=O)[C@]2(C)C=C[C@H]3OC[C@@]3(OC(C)=O)[C@H]2[C@H](OC(=O)c2ccccc2)[C@]2(O)C[C@H](O)C(C)=C1C2(C)C. The molecule has 5 rings (SSSR count). The Morgan fingerprint density at radius 3 is 2.24 bits per heavy atom. The zero-order valence-corrected chi connectivity index (χ0v) is 24.0. The highest BCUT2D eigenvalue weighted by molar-refractivity contribution is 5.96. The van der Waals surface area contributed by atoms with Gasteiger partial charge in [0.2, 0.25) is 0 Å². The van der Waals surface area contributed by atoms with E-state index in [1.807, 2.05) is 0 Å². The average molecular weight is 569 g/mol. The third-order valence-corrected chi connectivity index (χ3v) is 9.61. The molecule has 2 bridgehead atoms. The number of ketones is 1. The van der Waals surface area contributed by atoms with Gasteiger partial charge in [-0.05, 0) is 37.1 Å². The minimum absolute atomic E-state index is 0.131. The van der Waals surface area contributed by atoms with Gasteiger partial charge in [-0.3, -0.25) is 14.4 Å². The van der Waals surface area contributed by atoms with Gasteiger partial charge in [0.05, 0.1) is 29.6 Å². The molecule has 2 fully saturated rings. The number of rotatable bonds is 4. The number of carbonyl (C=O) groups is 4. The van der Waals surface area contributed by atoms with E-state index in [1.165, 1.54) is 13.8 Å². The minimum atomic E-state index is -2.02. The number of Topliss-reactive ketones (excluding diaryl/α,β-unsaturated/α-hetero) is 1. The van der Waals surface area contributed by atoms with Crippen molar-refractivity contribution in [2.45, 2.75) is 83.6 Å². The van der Waals surface area contributed by atoms with Gasteiger partial charge in [0.15, 0.2) is 17.5 Å². The Morgan fingerprint density at radius 2 is 1.68 bits per heavy atom. The van der Waals surface area contributed by atoms with Crippen molar-refractivity contribution in [2.75, 3.05) is 6.61 Å². The monoisotopic (exact) mass is 568 g/mol. The van der Waals surface area contributed by atoms with Gasteiger partial charge in [0, 0.05) is 25.7 Å². The van der Waals surface area contributed by atoms with Crippen molar-refractivity contribution in [1.82, 2.24) is 0 Å². The largest absolute Gasteiger partial charge is 0.455 e. The van der Waals surface area contributed by atoms with E-state index in [1.54, 1.807) is 70.2 Å². The highest BCUT2D eigenvalue weighted by Crippen LogP contribution is 2.62. The van der Waals surface area contributed by atoms with Crippen LogP contribution >= 0.6 is 0 Å². The molecule has 220 valence electrons. The topological polar surface area (TPSA) is 146 Å². The quantitative estimate of drug-likeness (QED) is 0.316. The van der Waals surface area contributed by atoms with Crippen molar-refractivity contribution in [3.05, 3.63) is 59.2 Å². The van der Waals surface area contributed by atoms with Crippen molar-refractivity contribution < 1.29 is 48.3 Å². The molecule has 1 aromatic carbocycles. The van der Waals surface area contributed by atoms with Crippen molar-refractivity contribution >= 4 is 23.7 Å². The lowest BCUT2D eigenvalue weighted by molar-refractivity contribution is -0.306. The maximum atomic E-state index is 14.7. The average Bonchev–Trinajstić information content (AvgIpc) is 2.88. The van der Waals surface area contributed by atoms with E-state index in [2.05, 4.69) is 0 Å². The fourth-order valence-electron chi connectivity index (χ4n) is 7.46. The number of aliphatic hydroxyl groups excluding tert-OH is 1. The van der Waals surface area contributed by atoms with Gasteiger partial charge < -0.3 is 29.2 Å². The van der Waals surface area contributed by atoms with Gasteiger partial charge in [-0.15, -0.1) is 0 Å². The third kappa shape index (κ3) is 4.10. The molecule has 4 aliphatic rings. The highest BCUT2D eigenvalue weighted by atomic mass is 16.6. The van der Waals surface area contributed by atoms with Crippen LogP contribution in [0.1, 0.15) is 58.3 Å². The number of hydrogen-bond donors (Lipinski definition) is 2. The van der Waals surface area contributed by atoms with Crippen LogP contribution in [-0.2, 0) is 33.3 Å². The van der Waals surface area contributed by atoms with Crippen molar-refractivity contribution in [3.63, 3.8) is 0 Å². The van der Waals surface area contributed by atoms with Crippen LogP contribution < -0.4 is 0 Å². The second kappa shape index (κ2) is 9.61. The summed E-state index contributed by atoms with van der Waals surface area (Å²) < 4.78 is 23.6. The summed E-state index contributed by atoms with van der Waals surface area (Å²) in [6, 6.07) is 8.19. The summed E-state index contributed by atoms with van der Waals surface area (Å²) in [4.78, 5) is 53.2. The molecule has 1 aromatic rings. The molecule has 1 aliphatic heterocycles. The highest BCUT2D eigenvalue weighted by Gasteiger charge is 2.75. The Hall–Kier alpha value is -3.34. The van der Waals surface area contributed by atoms with Gasteiger partial charge in [-0.2, -0.15) is 0 Å². The second-order valence-electron chi connectivity index (χ2n) is 12.3. The van der Waals surface area contributed by atoms with E-state index in [0.717, 1.165) is 0 Å². The summed E-state index contributed by atoms with van der Waals surface area (Å²) in [5, 5.41) is 24.1. The summed E-state index contributed by atoms with van der Waals surface area (Å²) in [6.07, 6.45) is -2.06. The van der Waals surface area contributed by atoms with Crippen molar-refractivity contribution in [1.29, 1.82) is 0 Å². The molecule has 10 nitrogen and oxygen atoms in total. The van der Waals surface area contributed by atoms with Crippen molar-refractivity contribution in [3.8, 4) is 0 Å². The predicted octanol–water partition coefficient (Wildman–Crippen LogP) is 2.46. The van der Waals surface area contributed by atoms with Crippen LogP contribution in [0.5, 0.6) is 0 Å². The van der Waals surface area contributed by atoms with Crippen LogP contribution in [0.25, 0.3) is 0 Å². The number of esters is 3. The number of carbonyl (C=O) groups excluding carboxylic acids is 4. The van der Waals surface area contributed by atoms with E-state index in [0.29, 0.717) is 5.57 Å². The molecule has 0 amide bonds. The molecule has 8 atom stereocenters. The molecule has 0 unspecified atom stereocenters. The number of ether oxygens (including phenoxy) is 4. The van der Waals surface area contributed by atoms with Gasteiger partial charge in [0.25, 0.3) is 0 Å². The minimum Gasteiger partial charge on any atom is -0.455 e. The number of hydrogen-bond acceptors (Lipinski definition) is 10. The fraction of sp³-hybridized carbons (Fsp3) is 0.548. The number of allylic oxidation sites excluding steroid dienone is 1. The van der Waals surface area contributed by atoms with Crippen LogP contribution in [-0.4, -0.2) is 76.1 Å². The van der Waals surface area contributed by atoms with E-state index in [9.17, 15) is 29.4 Å². The zero-order valence-electron chi connectivity index (χ0n) is 24.0. The Morgan fingerprint density at radius 1 is 1.02 bits per heavy atom. The molecular formula is C31H36O10. The summed E-state index contributed by atoms with van der Waals surface area (Å²) in [7, 11) is 0. The Labute approximate surface area is 238 Å². The molecular weight excluding hydrogens is 532 g/mol. The van der Waals surface area contributed by atoms with Crippen LogP contribution in [0.4, 0.5) is 0 Å². The summed E-state index contributed by atoms with van der Waals surface area (Å²) in [6.45, 7) is 8.83. The normalized spacial score (nSPS) is 38.8. The molecule has 2 N–H and O–H groups in total. The van der Waals surface area contributed by atoms with Gasteiger partial charge in [-0.25, -0.2) is 4.79 Å². The van der Waals surface area contributed by atoms with Gasteiger partial charge in [-0.1, -0.05) is 44.2 Å². The van der Waals surface area contributed by atoms with E-state index in [4.69, 9.17) is 18.9 Å². The van der Waals surface area contributed by atoms with Crippen LogP contribution in [0.15, 0.2) is 53.6 Å². The summed E-state index contributed by atoms with van der Waals surface area (Å²) >= 11 is 0. The molecule has 1 saturated heterocycles. The number of fused-ring (bicyclic) bond motifs is 5. The lowest BCUT2D eigenvalue weighted by Gasteiger charge is -2.65. The maximum Gasteiger partial charge on any atom is 0.338 e. The van der Waals surface area contributed by atoms with E-state index in [-0.39, 0.29) is 24.2 Å². The first-order valence-corrected chi connectivity index (χ1v) is 13.7. The van der Waals surface area contributed by atoms with Gasteiger partial charge >= 0.3 is 17.9 Å². The second-order valence-corrected chi connectivity index (χ2v) is 12.3. The molecule has 41 heavy (non-hydrogen) atoms. The molecule has 3 aliphatic carbocycles. The van der Waals surface area contributed by atoms with Gasteiger partial charge in [0.1, 0.15) is 17.8 Å². The Kier molecular flexibility index (Phi) is 6.83. The summed E-state index contributed by atoms with van der Waals surface area (Å²) in [5.41, 5.74) is -5.63. The zero-order chi connectivity index (χ0) is 30.1. The molecule has 1 saturated carbocycles. The summed E-state index contributed by atoms with van der Waals surface area (Å²) in [5.74, 6) is -3.89. The maximum absolute atomic E-state index is 14.7. The lowest BCUT2D eigenvalue weighted by atomic mass is 9.46. The molecule has 0 spiro atoms. The Bertz CT molecular complexity index is 1360. The molecule has 0 radical (unpaired) electrons. The first-order chi connectivity index (χ1) is 19.1. The first kappa shape index (κ1) is 29.2. The standard InChI is InChI=1S/C31H36O10/c1-16-20(34)14-31(37)26(40-27(36)19-10-8-7-9-11-19)24-29(6,13-12-21-30(24,15-38-21)41-18(3)33)25(35)23(39-17(2)32)22(16)28(31,4)5/h7-13,20-21,23-24,26,34,37H,14-15H2,1-6H3/t20-,21+,23+,24-,26-,29+,30-,31+/m0/s1. The number of aliphatic hydroxyl groups is 2. The molecule has 0 aromatic heterocycles. The lowest BCUT2D eigenvalue weighted by Crippen LogP contribution is -2.78.